The lowest BCUT2D eigenvalue weighted by Crippen LogP contribution is -2.26. The van der Waals surface area contributed by atoms with E-state index in [4.69, 9.17) is 26.9 Å². The Morgan fingerprint density at radius 2 is 1.21 bits per heavy atom. The lowest BCUT2D eigenvalue weighted by Gasteiger charge is -2.26. The third kappa shape index (κ3) is 20.7. The number of aryl methyl sites for hydroxylation is 1. The van der Waals surface area contributed by atoms with E-state index in [9.17, 15) is 28.8 Å². The van der Waals surface area contributed by atoms with Gasteiger partial charge in [-0.1, -0.05) is 117 Å². The van der Waals surface area contributed by atoms with E-state index in [1.165, 1.54) is 12.0 Å². The number of hydrogen-bond acceptors (Lipinski definition) is 9. The van der Waals surface area contributed by atoms with Crippen LogP contribution in [0, 0.1) is 6.92 Å². The molecule has 2 amide bonds. The number of H-pyrrole nitrogens is 4. The number of nitrogens with one attached hydrogen (secondary N) is 6. The highest BCUT2D eigenvalue weighted by atomic mass is 127. The molecule has 16 nitrogen and oxygen atoms in total. The maximum absolute atomic E-state index is 11.5. The van der Waals surface area contributed by atoms with Gasteiger partial charge in [-0.05, 0) is 58.7 Å². The van der Waals surface area contributed by atoms with Crippen LogP contribution < -0.4 is 54.8 Å². The first kappa shape index (κ1) is 52.6. The fraction of sp³-hybridized carbons (Fsp3) is 0.132. The molecule has 3 aromatic carbocycles. The first-order valence-corrected chi connectivity index (χ1v) is 20.3. The SMILES string of the molecule is C.C=C(I)I.C=C=O.CN=C1NCC(=O)N1.Cc1cc(=O)[nH]c(=O)[nH]1.NC(=O)CN=P(c1ccccc1)(c1ccccc1)c1ccccc1.O=c1cc(Cl)[nH]c(=O)[nH]1. The number of amides is 2. The van der Waals surface area contributed by atoms with Crippen LogP contribution in [0.2, 0.25) is 5.15 Å². The highest BCUT2D eigenvalue weighted by Gasteiger charge is 2.26. The standard InChI is InChI=1S/C20H19N2OP.C5H6N2O2.C4H3ClN2O2.C4H7N3O.C2H2I2.C2H2O.CH4/c21-20(23)16-22-24(17-10-4-1-5-11-17,18-12-6-2-7-13-18)19-14-8-3-9-15-19;1-3-2-4(8)7-5(9)6-3;5-2-1-3(8)7-4(9)6-2;1-5-4-6-2-3(8)7-4;1-2(3)4;1-2-3;/h1-15H,16H2,(H2,21,23);2H,1H3,(H2,6,7,8,9);1H,(H2,6,7,8,9);2H2,1H3,(H2,5,6,7,8);1H2;1H2;1H4. The first-order valence-electron chi connectivity index (χ1n) is 16.0. The van der Waals surface area contributed by atoms with Crippen LogP contribution in [0.5, 0.6) is 0 Å². The van der Waals surface area contributed by atoms with Crippen molar-refractivity contribution in [2.75, 3.05) is 20.1 Å². The number of benzene rings is 3. The van der Waals surface area contributed by atoms with Crippen LogP contribution in [0.1, 0.15) is 13.1 Å². The molecule has 20 heteroatoms. The second-order valence-corrected chi connectivity index (χ2v) is 18.7. The summed E-state index contributed by atoms with van der Waals surface area (Å²) in [7, 11) is -0.664. The van der Waals surface area contributed by atoms with Gasteiger partial charge in [0.2, 0.25) is 11.8 Å². The maximum Gasteiger partial charge on any atom is 0.326 e. The molecule has 58 heavy (non-hydrogen) atoms. The lowest BCUT2D eigenvalue weighted by molar-refractivity contribution is -0.118. The first-order chi connectivity index (χ1) is 27.1. The number of primary amides is 1. The average molecular weight is 1060 g/mol. The number of nitrogens with two attached hydrogens (primary N) is 1. The zero-order valence-electron chi connectivity index (χ0n) is 30.6. The van der Waals surface area contributed by atoms with E-state index in [1.807, 2.05) is 64.6 Å². The number of guanidine groups is 1. The molecule has 6 rings (SSSR count). The summed E-state index contributed by atoms with van der Waals surface area (Å²) in [6.07, 6.45) is 0. The van der Waals surface area contributed by atoms with Crippen LogP contribution in [0.15, 0.2) is 147 Å². The van der Waals surface area contributed by atoms with Gasteiger partial charge in [0.15, 0.2) is 5.96 Å². The Labute approximate surface area is 366 Å². The number of aromatic nitrogens is 4. The molecule has 1 aliphatic heterocycles. The molecule has 1 saturated heterocycles. The molecular formula is C38H43ClI2N9O7P. The van der Waals surface area contributed by atoms with Gasteiger partial charge in [-0.2, -0.15) is 0 Å². The Kier molecular flexibility index (Phi) is 26.2. The van der Waals surface area contributed by atoms with Crippen LogP contribution in [0.4, 0.5) is 0 Å². The molecule has 1 aliphatic rings. The Morgan fingerprint density at radius 1 is 0.810 bits per heavy atom. The van der Waals surface area contributed by atoms with Gasteiger partial charge in [0.25, 0.3) is 11.1 Å². The summed E-state index contributed by atoms with van der Waals surface area (Å²) < 4.78 is 6.01. The summed E-state index contributed by atoms with van der Waals surface area (Å²) in [6, 6.07) is 32.9. The van der Waals surface area contributed by atoms with Crippen molar-refractivity contribution in [2.45, 2.75) is 14.4 Å². The number of aromatic amines is 4. The third-order valence-electron chi connectivity index (χ3n) is 6.35. The average Bonchev–Trinajstić information content (AvgIpc) is 3.58. The second kappa shape index (κ2) is 28.9. The number of carbonyl (C=O) groups excluding carboxylic acids is 3. The fourth-order valence-corrected chi connectivity index (χ4v) is 8.08. The molecule has 5 aromatic rings. The van der Waals surface area contributed by atoms with Gasteiger partial charge in [0, 0.05) is 42.4 Å². The molecule has 0 radical (unpaired) electrons. The smallest absolute Gasteiger partial charge is 0.326 e. The van der Waals surface area contributed by atoms with E-state index >= 15 is 0 Å². The van der Waals surface area contributed by atoms with Crippen molar-refractivity contribution in [3.63, 3.8) is 0 Å². The predicted molar refractivity (Wildman–Crippen MR) is 251 cm³/mol. The van der Waals surface area contributed by atoms with Crippen molar-refractivity contribution in [1.29, 1.82) is 0 Å². The van der Waals surface area contributed by atoms with Crippen molar-refractivity contribution in [1.82, 2.24) is 30.6 Å². The second-order valence-electron chi connectivity index (χ2n) is 10.6. The van der Waals surface area contributed by atoms with Crippen molar-refractivity contribution in [2.24, 2.45) is 15.5 Å². The summed E-state index contributed by atoms with van der Waals surface area (Å²) in [5, 5.41) is 8.64. The zero-order valence-corrected chi connectivity index (χ0v) is 36.5. The summed E-state index contributed by atoms with van der Waals surface area (Å²) in [6.45, 7) is 8.22. The molecule has 0 atom stereocenters. The predicted octanol–water partition coefficient (Wildman–Crippen LogP) is 3.40. The van der Waals surface area contributed by atoms with Crippen molar-refractivity contribution in [3.05, 3.63) is 170 Å². The molecule has 0 aliphatic carbocycles. The van der Waals surface area contributed by atoms with E-state index in [0.717, 1.165) is 23.6 Å². The number of hydrogen-bond donors (Lipinski definition) is 7. The number of carbonyl (C=O) groups is 2. The minimum atomic E-state index is -2.28. The maximum atomic E-state index is 11.5. The molecule has 1 fully saturated rings. The monoisotopic (exact) mass is 1060 g/mol. The topological polar surface area (TPSA) is 257 Å². The third-order valence-corrected chi connectivity index (χ3v) is 10.3. The molecule has 0 unspecified atom stereocenters. The molecule has 0 saturated carbocycles. The Hall–Kier alpha value is -5.40. The van der Waals surface area contributed by atoms with Crippen molar-refractivity contribution < 1.29 is 14.4 Å². The summed E-state index contributed by atoms with van der Waals surface area (Å²) >= 11 is 9.55. The van der Waals surface area contributed by atoms with Crippen LogP contribution in [-0.2, 0) is 14.4 Å². The van der Waals surface area contributed by atoms with E-state index in [1.54, 1.807) is 14.0 Å². The van der Waals surface area contributed by atoms with Gasteiger partial charge >= 0.3 is 11.4 Å². The Morgan fingerprint density at radius 3 is 1.48 bits per heavy atom. The van der Waals surface area contributed by atoms with E-state index < -0.39 is 29.9 Å². The van der Waals surface area contributed by atoms with Crippen LogP contribution >= 0.6 is 63.8 Å². The van der Waals surface area contributed by atoms with Gasteiger partial charge in [0.1, 0.15) is 17.6 Å². The van der Waals surface area contributed by atoms with Gasteiger partial charge in [0.05, 0.1) is 13.6 Å². The highest BCUT2D eigenvalue weighted by Crippen LogP contribution is 2.46. The van der Waals surface area contributed by atoms with E-state index in [2.05, 4.69) is 120 Å². The molecule has 3 heterocycles. The number of aliphatic imine (C=N–C) groups is 1. The molecule has 308 valence electrons. The Balaban J connectivity index is 0.000000789. The van der Waals surface area contributed by atoms with Crippen LogP contribution in [0.3, 0.4) is 0 Å². The number of nitrogens with zero attached hydrogens (tertiary/aromatic N) is 2. The minimum absolute atomic E-state index is 0. The summed E-state index contributed by atoms with van der Waals surface area (Å²) in [5.74, 6) is 1.38. The molecule has 8 N–H and O–H groups in total. The molecule has 0 spiro atoms. The van der Waals surface area contributed by atoms with Crippen LogP contribution in [0.25, 0.3) is 0 Å². The quantitative estimate of drug-likeness (QED) is 0.0593. The fourth-order valence-electron chi connectivity index (χ4n) is 4.35. The Bertz CT molecular complexity index is 2190. The van der Waals surface area contributed by atoms with Gasteiger partial charge in [-0.3, -0.25) is 49.2 Å². The number of rotatable bonds is 5. The number of halogens is 3. The molecule has 0 bridgehead atoms. The van der Waals surface area contributed by atoms with E-state index in [0.29, 0.717) is 18.2 Å². The van der Waals surface area contributed by atoms with E-state index in [-0.39, 0.29) is 30.6 Å². The summed E-state index contributed by atoms with van der Waals surface area (Å²) in [5.41, 5.74) is 4.08. The van der Waals surface area contributed by atoms with Crippen molar-refractivity contribution >= 4 is 103 Å². The normalized spacial score (nSPS) is 11.3. The molecule has 2 aromatic heterocycles. The molecular weight excluding hydrogens is 1010 g/mol. The van der Waals surface area contributed by atoms with Gasteiger partial charge in [-0.15, -0.1) is 0 Å². The van der Waals surface area contributed by atoms with Crippen molar-refractivity contribution in [3.8, 4) is 0 Å². The van der Waals surface area contributed by atoms with Crippen LogP contribution in [-0.4, -0.2) is 63.8 Å². The largest absolute Gasteiger partial charge is 0.368 e. The van der Waals surface area contributed by atoms with Gasteiger partial charge < -0.3 is 16.0 Å². The minimum Gasteiger partial charge on any atom is -0.368 e. The summed E-state index contributed by atoms with van der Waals surface area (Å²) in [4.78, 5) is 84.2. The lowest BCUT2D eigenvalue weighted by atomic mass is 10.4. The zero-order chi connectivity index (χ0) is 42.8. The highest BCUT2D eigenvalue weighted by molar-refractivity contribution is 14.2. The van der Waals surface area contributed by atoms with Gasteiger partial charge in [-0.25, -0.2) is 14.4 Å².